The van der Waals surface area contributed by atoms with E-state index in [4.69, 9.17) is 0 Å². The number of hydrogen-bond acceptors (Lipinski definition) is 2. The van der Waals surface area contributed by atoms with Crippen molar-refractivity contribution in [2.24, 2.45) is 5.92 Å². The second-order valence-electron chi connectivity index (χ2n) is 2.10. The van der Waals surface area contributed by atoms with E-state index in [2.05, 4.69) is 5.32 Å². The molecule has 52 valence electrons. The van der Waals surface area contributed by atoms with Gasteiger partial charge >= 0.3 is 0 Å². The lowest BCUT2D eigenvalue weighted by Crippen LogP contribution is -2.30. The molecule has 3 heteroatoms. The van der Waals surface area contributed by atoms with Gasteiger partial charge in [0, 0.05) is 13.0 Å². The summed E-state index contributed by atoms with van der Waals surface area (Å²) in [5.41, 5.74) is 0. The number of rotatable bonds is 2. The highest BCUT2D eigenvalue weighted by atomic mass is 16.2. The zero-order chi connectivity index (χ0) is 7.44. The molecule has 0 heterocycles. The smallest absolute Gasteiger partial charge is 0.287 e. The van der Waals surface area contributed by atoms with Crippen molar-refractivity contribution in [2.45, 2.75) is 13.8 Å². The third kappa shape index (κ3) is 2.26. The standard InChI is InChI=1S/C6H11NO2/c1-4(2)5(8)6(9)7-3/h4H,1-3H3,(H,7,9). The lowest BCUT2D eigenvalue weighted by atomic mass is 10.1. The summed E-state index contributed by atoms with van der Waals surface area (Å²) in [6, 6.07) is 0. The molecule has 0 rings (SSSR count). The third-order valence-electron chi connectivity index (χ3n) is 0.975. The fourth-order valence-corrected chi connectivity index (χ4v) is 0.385. The maximum absolute atomic E-state index is 10.7. The van der Waals surface area contributed by atoms with Gasteiger partial charge in [-0.3, -0.25) is 9.59 Å². The first-order chi connectivity index (χ1) is 4.09. The van der Waals surface area contributed by atoms with Crippen LogP contribution in [0.4, 0.5) is 0 Å². The molecular weight excluding hydrogens is 118 g/mol. The molecule has 9 heavy (non-hydrogen) atoms. The minimum absolute atomic E-state index is 0.204. The molecule has 0 saturated carbocycles. The minimum Gasteiger partial charge on any atom is -0.353 e. The van der Waals surface area contributed by atoms with Gasteiger partial charge in [0.1, 0.15) is 0 Å². The number of likely N-dealkylation sites (N-methyl/N-ethyl adjacent to an activating group) is 1. The molecule has 0 aromatic carbocycles. The molecule has 0 radical (unpaired) electrons. The topological polar surface area (TPSA) is 46.2 Å². The predicted octanol–water partition coefficient (Wildman–Crippen LogP) is -0.0425. The summed E-state index contributed by atoms with van der Waals surface area (Å²) < 4.78 is 0. The maximum Gasteiger partial charge on any atom is 0.287 e. The largest absolute Gasteiger partial charge is 0.353 e. The van der Waals surface area contributed by atoms with E-state index in [1.807, 2.05) is 0 Å². The minimum atomic E-state index is -0.509. The zero-order valence-corrected chi connectivity index (χ0v) is 5.89. The Kier molecular flexibility index (Phi) is 2.91. The molecule has 0 spiro atoms. The first-order valence-corrected chi connectivity index (χ1v) is 2.85. The second-order valence-corrected chi connectivity index (χ2v) is 2.10. The van der Waals surface area contributed by atoms with E-state index >= 15 is 0 Å². The molecule has 0 atom stereocenters. The lowest BCUT2D eigenvalue weighted by Gasteiger charge is -1.99. The number of nitrogens with one attached hydrogen (secondary N) is 1. The number of carbonyl (C=O) groups excluding carboxylic acids is 2. The summed E-state index contributed by atoms with van der Waals surface area (Å²) in [5.74, 6) is -1.08. The van der Waals surface area contributed by atoms with Gasteiger partial charge in [0.15, 0.2) is 0 Å². The number of ketones is 1. The lowest BCUT2D eigenvalue weighted by molar-refractivity contribution is -0.139. The van der Waals surface area contributed by atoms with Gasteiger partial charge in [0.2, 0.25) is 5.78 Å². The quantitative estimate of drug-likeness (QED) is 0.532. The SMILES string of the molecule is CNC(=O)C(=O)C(C)C. The Morgan fingerprint density at radius 2 is 1.78 bits per heavy atom. The van der Waals surface area contributed by atoms with Gasteiger partial charge in [-0.2, -0.15) is 0 Å². The molecule has 0 aliphatic carbocycles. The predicted molar refractivity (Wildman–Crippen MR) is 33.9 cm³/mol. The Hall–Kier alpha value is -0.860. The number of hydrogen-bond donors (Lipinski definition) is 1. The van der Waals surface area contributed by atoms with Crippen LogP contribution in [0.15, 0.2) is 0 Å². The summed E-state index contributed by atoms with van der Waals surface area (Å²) in [6.07, 6.45) is 0. The molecule has 0 unspecified atom stereocenters. The normalized spacial score (nSPS) is 9.33. The first kappa shape index (κ1) is 8.14. The molecule has 3 nitrogen and oxygen atoms in total. The Labute approximate surface area is 54.4 Å². The van der Waals surface area contributed by atoms with Crippen LogP contribution in [-0.2, 0) is 9.59 Å². The molecule has 0 aliphatic heterocycles. The molecule has 0 bridgehead atoms. The van der Waals surface area contributed by atoms with Gasteiger partial charge in [-0.15, -0.1) is 0 Å². The summed E-state index contributed by atoms with van der Waals surface area (Å²) in [7, 11) is 1.45. The van der Waals surface area contributed by atoms with Gasteiger partial charge in [0.05, 0.1) is 0 Å². The average Bonchev–Trinajstić information content (AvgIpc) is 1.84. The van der Waals surface area contributed by atoms with E-state index in [0.717, 1.165) is 0 Å². The van der Waals surface area contributed by atoms with E-state index < -0.39 is 5.91 Å². The number of Topliss-reactive ketones (excluding diaryl/α,β-unsaturated/α-hetero) is 1. The van der Waals surface area contributed by atoms with Crippen LogP contribution < -0.4 is 5.32 Å². The van der Waals surface area contributed by atoms with Crippen LogP contribution in [0.25, 0.3) is 0 Å². The van der Waals surface area contributed by atoms with E-state index in [0.29, 0.717) is 0 Å². The third-order valence-corrected chi connectivity index (χ3v) is 0.975. The Bertz CT molecular complexity index is 129. The molecule has 0 aromatic heterocycles. The highest BCUT2D eigenvalue weighted by Crippen LogP contribution is 1.92. The Balaban J connectivity index is 3.89. The van der Waals surface area contributed by atoms with Crippen molar-refractivity contribution in [1.82, 2.24) is 5.32 Å². The summed E-state index contributed by atoms with van der Waals surface area (Å²) in [6.45, 7) is 3.38. The molecule has 0 fully saturated rings. The van der Waals surface area contributed by atoms with Crippen LogP contribution in [0, 0.1) is 5.92 Å². The van der Waals surface area contributed by atoms with Gasteiger partial charge in [-0.1, -0.05) is 13.8 Å². The highest BCUT2D eigenvalue weighted by molar-refractivity contribution is 6.36. The van der Waals surface area contributed by atoms with Crippen LogP contribution >= 0.6 is 0 Å². The van der Waals surface area contributed by atoms with Crippen LogP contribution in [0.2, 0.25) is 0 Å². The Morgan fingerprint density at radius 1 is 1.33 bits per heavy atom. The number of carbonyl (C=O) groups is 2. The van der Waals surface area contributed by atoms with E-state index in [9.17, 15) is 9.59 Å². The molecule has 0 saturated heterocycles. The van der Waals surface area contributed by atoms with Crippen LogP contribution in [0.3, 0.4) is 0 Å². The van der Waals surface area contributed by atoms with E-state index in [-0.39, 0.29) is 11.7 Å². The maximum atomic E-state index is 10.7. The average molecular weight is 129 g/mol. The van der Waals surface area contributed by atoms with Gasteiger partial charge in [-0.05, 0) is 0 Å². The molecule has 1 amide bonds. The van der Waals surface area contributed by atoms with Crippen LogP contribution in [0.5, 0.6) is 0 Å². The number of amides is 1. The summed E-state index contributed by atoms with van der Waals surface area (Å²) >= 11 is 0. The van der Waals surface area contributed by atoms with Crippen molar-refractivity contribution >= 4 is 11.7 Å². The van der Waals surface area contributed by atoms with Crippen molar-refractivity contribution in [1.29, 1.82) is 0 Å². The fraction of sp³-hybridized carbons (Fsp3) is 0.667. The monoisotopic (exact) mass is 129 g/mol. The summed E-state index contributed by atoms with van der Waals surface area (Å²) in [4.78, 5) is 21.2. The van der Waals surface area contributed by atoms with Gasteiger partial charge < -0.3 is 5.32 Å². The van der Waals surface area contributed by atoms with Crippen molar-refractivity contribution in [3.8, 4) is 0 Å². The van der Waals surface area contributed by atoms with Crippen LogP contribution in [0.1, 0.15) is 13.8 Å². The molecule has 0 aromatic rings. The summed E-state index contributed by atoms with van der Waals surface area (Å²) in [5, 5.41) is 2.26. The van der Waals surface area contributed by atoms with Crippen molar-refractivity contribution < 1.29 is 9.59 Å². The van der Waals surface area contributed by atoms with E-state index in [1.54, 1.807) is 13.8 Å². The zero-order valence-electron chi connectivity index (χ0n) is 5.89. The van der Waals surface area contributed by atoms with Gasteiger partial charge in [0.25, 0.3) is 5.91 Å². The van der Waals surface area contributed by atoms with Crippen molar-refractivity contribution in [2.75, 3.05) is 7.05 Å². The second kappa shape index (κ2) is 3.22. The van der Waals surface area contributed by atoms with Crippen molar-refractivity contribution in [3.05, 3.63) is 0 Å². The van der Waals surface area contributed by atoms with Crippen molar-refractivity contribution in [3.63, 3.8) is 0 Å². The highest BCUT2D eigenvalue weighted by Gasteiger charge is 2.14. The molecular formula is C6H11NO2. The molecule has 0 aliphatic rings. The first-order valence-electron chi connectivity index (χ1n) is 2.85. The fourth-order valence-electron chi connectivity index (χ4n) is 0.385. The molecule has 1 N–H and O–H groups in total. The van der Waals surface area contributed by atoms with Crippen LogP contribution in [-0.4, -0.2) is 18.7 Å². The van der Waals surface area contributed by atoms with Gasteiger partial charge in [-0.25, -0.2) is 0 Å². The Morgan fingerprint density at radius 3 is 1.89 bits per heavy atom. The van der Waals surface area contributed by atoms with E-state index in [1.165, 1.54) is 7.05 Å².